The zero-order chi connectivity index (χ0) is 64.0. The van der Waals surface area contributed by atoms with Crippen molar-refractivity contribution in [2.75, 3.05) is 42.8 Å². The number of hydrogen-bond donors (Lipinski definition) is 6. The number of aliphatic hydroxyl groups excluding tert-OH is 4. The van der Waals surface area contributed by atoms with Crippen molar-refractivity contribution in [2.24, 2.45) is 17.0 Å². The number of azide groups is 1. The van der Waals surface area contributed by atoms with Crippen molar-refractivity contribution in [3.05, 3.63) is 172 Å². The Morgan fingerprint density at radius 2 is 1.57 bits per heavy atom. The Labute approximate surface area is 553 Å². The third-order valence-electron chi connectivity index (χ3n) is 17.7. The number of amides is 2. The van der Waals surface area contributed by atoms with Crippen molar-refractivity contribution in [1.82, 2.24) is 5.32 Å². The molecule has 9 rings (SSSR count). The van der Waals surface area contributed by atoms with Gasteiger partial charge in [-0.05, 0) is 139 Å². The maximum atomic E-state index is 14.1. The molecule has 3 aliphatic heterocycles. The molecular weight excluding hydrogens is 1190 g/mol. The SMILES string of the molecule is [CH2-]CCCN1/C(=C/C=C2\CCCC(/C=C/C3=[N+](CCCCS(=O)(=O)[O-])c4ccc5ccccc5c4C3(C)C)=C2Sc2ccc(NC(=O)C(CC(CC(C)C(=O)OC)C(=O)NC3[C@@H](O)OC(CO)[C@H](O)[C@H]3O)N=[N+]=[N-])cc2)C(C)(C)c2c1ccc1ccccc21.[Na+]. The van der Waals surface area contributed by atoms with Crippen LogP contribution in [-0.2, 0) is 44.8 Å². The fourth-order valence-corrected chi connectivity index (χ4v) is 14.8. The normalized spacial score (nSPS) is 22.3. The number of rotatable bonds is 24. The van der Waals surface area contributed by atoms with Crippen LogP contribution in [0.15, 0.2) is 153 Å². The Morgan fingerprint density at radius 3 is 2.22 bits per heavy atom. The number of aliphatic hydroxyl groups is 4. The standard InChI is InChI=1S/C68H81N7O12S2.Na/c1-8-9-35-74-52-31-23-42-17-10-12-21-49(42)57(52)67(3,4)55(74)33-25-44-19-16-20-45(26-34-56-68(5,6)58-50-22-13-11-18-43(50)24-32-53(58)75(56)36-14-15-37-89(83,84)85)62(44)88-48-29-27-47(28-30-48)70-64(80)51(72-73-69)39-46(38-41(2)65(81)86-7)63(79)71-59-61(78)60(77)54(40-76)87-66(59)82;/h10-13,17-18,21-34,41,46,51,54,59-61,66,76-78,82H,1,8-9,14-16,19-20,35-40H2,2-7H3,(H,70,80)(H,71,79)(H,83,84,85);/q;+1/p-1/t41?,46?,51?,54?,59?,60-,61-,66-;/m0./s1. The number of nitrogens with zero attached hydrogens (tertiary/aromatic N) is 5. The third kappa shape index (κ3) is 15.3. The van der Waals surface area contributed by atoms with Crippen molar-refractivity contribution >= 4 is 84.0 Å². The van der Waals surface area contributed by atoms with Gasteiger partial charge in [-0.1, -0.05) is 111 Å². The van der Waals surface area contributed by atoms with Gasteiger partial charge in [0, 0.05) is 79.5 Å². The number of unbranched alkanes of at least 4 members (excludes halogenated alkanes) is 2. The smallest absolute Gasteiger partial charge is 0.748 e. The summed E-state index contributed by atoms with van der Waals surface area (Å²) in [5.74, 6) is -4.82. The topological polar surface area (TPSA) is 287 Å². The van der Waals surface area contributed by atoms with Crippen LogP contribution in [0, 0.1) is 18.8 Å². The number of methoxy groups -OCH3 is 1. The number of hydrogen-bond acceptors (Lipinski definition) is 15. The predicted molar refractivity (Wildman–Crippen MR) is 345 cm³/mol. The summed E-state index contributed by atoms with van der Waals surface area (Å²) in [5.41, 5.74) is 18.4. The number of anilines is 2. The number of allylic oxidation sites excluding steroid dienone is 7. The van der Waals surface area contributed by atoms with Gasteiger partial charge in [-0.25, -0.2) is 8.42 Å². The predicted octanol–water partition coefficient (Wildman–Crippen LogP) is 7.45. The van der Waals surface area contributed by atoms with Gasteiger partial charge in [-0.2, -0.15) is 11.0 Å². The van der Waals surface area contributed by atoms with Crippen LogP contribution in [0.3, 0.4) is 0 Å². The van der Waals surface area contributed by atoms with E-state index in [9.17, 15) is 53.3 Å². The van der Waals surface area contributed by atoms with Crippen LogP contribution in [0.2, 0.25) is 0 Å². The zero-order valence-corrected chi connectivity index (χ0v) is 55.8. The van der Waals surface area contributed by atoms with E-state index in [4.69, 9.17) is 9.47 Å². The molecule has 0 spiro atoms. The molecule has 472 valence electrons. The Kier molecular flexibility index (Phi) is 23.3. The number of fused-ring (bicyclic) bond motifs is 6. The van der Waals surface area contributed by atoms with Crippen molar-refractivity contribution < 1.29 is 91.4 Å². The Morgan fingerprint density at radius 1 is 0.889 bits per heavy atom. The fraction of sp³-hybridized carbons (Fsp3) is 0.426. The van der Waals surface area contributed by atoms with Crippen molar-refractivity contribution in [3.8, 4) is 0 Å². The van der Waals surface area contributed by atoms with Crippen LogP contribution in [-0.4, -0.2) is 131 Å². The summed E-state index contributed by atoms with van der Waals surface area (Å²) in [7, 11) is -3.20. The fourth-order valence-electron chi connectivity index (χ4n) is 13.1. The number of carbonyl (C=O) groups is 3. The Hall–Kier alpha value is -6.17. The molecule has 0 bridgehead atoms. The molecule has 0 aromatic heterocycles. The van der Waals surface area contributed by atoms with Gasteiger partial charge in [-0.15, -0.1) is 0 Å². The van der Waals surface area contributed by atoms with Crippen LogP contribution in [0.5, 0.6) is 0 Å². The minimum absolute atomic E-state index is 0. The van der Waals surface area contributed by atoms with Crippen LogP contribution in [0.4, 0.5) is 17.1 Å². The molecule has 22 heteroatoms. The summed E-state index contributed by atoms with van der Waals surface area (Å²) in [6.07, 6.45) is 6.60. The first-order chi connectivity index (χ1) is 42.5. The molecule has 1 fully saturated rings. The summed E-state index contributed by atoms with van der Waals surface area (Å²) < 4.78 is 47.6. The van der Waals surface area contributed by atoms with Crippen molar-refractivity contribution in [1.29, 1.82) is 0 Å². The van der Waals surface area contributed by atoms with E-state index in [0.717, 1.165) is 81.8 Å². The molecule has 5 aromatic carbocycles. The average Bonchev–Trinajstić information content (AvgIpc) is 1.58. The quantitative estimate of drug-likeness (QED) is 0.00403. The maximum absolute atomic E-state index is 14.1. The number of esters is 1. The van der Waals surface area contributed by atoms with Crippen LogP contribution < -0.4 is 45.1 Å². The minimum Gasteiger partial charge on any atom is -0.748 e. The van der Waals surface area contributed by atoms with Gasteiger partial charge in [0.15, 0.2) is 12.0 Å². The molecule has 90 heavy (non-hydrogen) atoms. The molecule has 5 unspecified atom stereocenters. The van der Waals surface area contributed by atoms with Crippen molar-refractivity contribution in [2.45, 2.75) is 145 Å². The molecule has 6 N–H and O–H groups in total. The van der Waals surface area contributed by atoms with E-state index in [-0.39, 0.29) is 47.8 Å². The van der Waals surface area contributed by atoms with Gasteiger partial charge in [0.05, 0.1) is 35.2 Å². The average molecular weight is 1270 g/mol. The molecule has 8 atom stereocenters. The molecule has 1 aliphatic carbocycles. The summed E-state index contributed by atoms with van der Waals surface area (Å²) in [6.45, 7) is 15.3. The summed E-state index contributed by atoms with van der Waals surface area (Å²) in [6, 6.07) is 29.7. The van der Waals surface area contributed by atoms with E-state index >= 15 is 0 Å². The van der Waals surface area contributed by atoms with Crippen molar-refractivity contribution in [3.63, 3.8) is 0 Å². The number of carbonyl (C=O) groups excluding carboxylic acids is 3. The summed E-state index contributed by atoms with van der Waals surface area (Å²) in [4.78, 5) is 48.0. The van der Waals surface area contributed by atoms with Gasteiger partial charge in [-0.3, -0.25) is 14.4 Å². The van der Waals surface area contributed by atoms with E-state index in [1.165, 1.54) is 47.3 Å². The molecule has 1 saturated heterocycles. The number of ether oxygens (including phenoxy) is 2. The zero-order valence-electron chi connectivity index (χ0n) is 52.2. The number of thioether (sulfide) groups is 1. The van der Waals surface area contributed by atoms with Crippen LogP contribution >= 0.6 is 11.8 Å². The maximum Gasteiger partial charge on any atom is 1.00 e. The Bertz CT molecular complexity index is 3820. The second-order valence-electron chi connectivity index (χ2n) is 24.5. The second kappa shape index (κ2) is 30.1. The molecule has 2 amide bonds. The van der Waals surface area contributed by atoms with Gasteiger partial charge in [0.2, 0.25) is 17.5 Å². The van der Waals surface area contributed by atoms with Gasteiger partial charge >= 0.3 is 35.5 Å². The number of benzene rings is 5. The largest absolute Gasteiger partial charge is 1.00 e. The molecule has 19 nitrogen and oxygen atoms in total. The molecular formula is C68H80N7NaO12S2. The molecule has 5 aromatic rings. The monoisotopic (exact) mass is 1270 g/mol. The van der Waals surface area contributed by atoms with E-state index in [0.29, 0.717) is 18.7 Å². The third-order valence-corrected chi connectivity index (χ3v) is 19.7. The molecule has 0 saturated carbocycles. The van der Waals surface area contributed by atoms with E-state index in [1.54, 1.807) is 23.9 Å². The summed E-state index contributed by atoms with van der Waals surface area (Å²) >= 11 is 1.60. The second-order valence-corrected chi connectivity index (χ2v) is 27.1. The first-order valence-electron chi connectivity index (χ1n) is 30.4. The Balaban J connectivity index is 0.0000105. The first-order valence-corrected chi connectivity index (χ1v) is 32.7. The van der Waals surface area contributed by atoms with E-state index in [1.807, 2.05) is 24.3 Å². The van der Waals surface area contributed by atoms with Gasteiger partial charge in [0.25, 0.3) is 0 Å². The van der Waals surface area contributed by atoms with Gasteiger partial charge < -0.3 is 56.9 Å². The molecule has 3 heterocycles. The van der Waals surface area contributed by atoms with E-state index < -0.39 is 101 Å². The number of nitrogens with one attached hydrogen (secondary N) is 2. The van der Waals surface area contributed by atoms with Crippen LogP contribution in [0.1, 0.15) is 104 Å². The first kappa shape index (κ1) is 69.7. The molecule has 0 radical (unpaired) electrons. The van der Waals surface area contributed by atoms with E-state index in [2.05, 4.69) is 150 Å². The van der Waals surface area contributed by atoms with Crippen LogP contribution in [0.25, 0.3) is 32.0 Å². The molecule has 4 aliphatic rings. The minimum atomic E-state index is -4.39. The summed E-state index contributed by atoms with van der Waals surface area (Å²) in [5, 5.41) is 55.2. The van der Waals surface area contributed by atoms with Gasteiger partial charge in [0.1, 0.15) is 36.9 Å².